The Labute approximate surface area is 140 Å². The predicted octanol–water partition coefficient (Wildman–Crippen LogP) is 3.22. The first kappa shape index (κ1) is 17.0. The molecule has 2 rings (SSSR count). The molecule has 1 aliphatic heterocycles. The molecule has 4 nitrogen and oxygen atoms in total. The van der Waals surface area contributed by atoms with E-state index in [0.717, 1.165) is 36.7 Å². The summed E-state index contributed by atoms with van der Waals surface area (Å²) in [4.78, 5) is 26.3. The minimum Gasteiger partial charge on any atom is -0.356 e. The highest BCUT2D eigenvalue weighted by atomic mass is 79.9. The maximum Gasteiger partial charge on any atom is 0.253 e. The third kappa shape index (κ3) is 4.57. The van der Waals surface area contributed by atoms with Crippen molar-refractivity contribution in [1.82, 2.24) is 10.2 Å². The second-order valence-corrected chi connectivity index (χ2v) is 6.64. The van der Waals surface area contributed by atoms with Crippen molar-refractivity contribution < 1.29 is 9.59 Å². The van der Waals surface area contributed by atoms with Crippen LogP contribution in [0.2, 0.25) is 0 Å². The van der Waals surface area contributed by atoms with Gasteiger partial charge in [0.05, 0.1) is 0 Å². The summed E-state index contributed by atoms with van der Waals surface area (Å²) in [6, 6.07) is 7.44. The van der Waals surface area contributed by atoms with Gasteiger partial charge in [-0.3, -0.25) is 9.59 Å². The fraction of sp³-hybridized carbons (Fsp3) is 0.529. The number of carbonyl (C=O) groups is 2. The minimum absolute atomic E-state index is 0.0448. The normalized spacial score (nSPS) is 15.6. The Balaban J connectivity index is 1.84. The lowest BCUT2D eigenvalue weighted by molar-refractivity contribution is -0.126. The number of amides is 2. The number of unbranched alkanes of at least 4 members (excludes halogenated alkanes) is 1. The van der Waals surface area contributed by atoms with E-state index in [1.807, 2.05) is 29.2 Å². The molecule has 2 amide bonds. The number of nitrogens with one attached hydrogen (secondary N) is 1. The third-order valence-electron chi connectivity index (χ3n) is 4.05. The van der Waals surface area contributed by atoms with Gasteiger partial charge in [0.1, 0.15) is 0 Å². The zero-order valence-electron chi connectivity index (χ0n) is 13.0. The lowest BCUT2D eigenvalue weighted by Crippen LogP contribution is -2.43. The SMILES string of the molecule is CCCCNC(=O)C1CCN(C(=O)c2cccc(Br)c2)CC1. The van der Waals surface area contributed by atoms with Gasteiger partial charge < -0.3 is 10.2 Å². The third-order valence-corrected chi connectivity index (χ3v) is 4.55. The number of hydrogen-bond acceptors (Lipinski definition) is 2. The molecule has 22 heavy (non-hydrogen) atoms. The quantitative estimate of drug-likeness (QED) is 0.813. The smallest absolute Gasteiger partial charge is 0.253 e. The van der Waals surface area contributed by atoms with E-state index in [2.05, 4.69) is 28.2 Å². The van der Waals surface area contributed by atoms with Crippen molar-refractivity contribution in [2.24, 2.45) is 5.92 Å². The van der Waals surface area contributed by atoms with Gasteiger partial charge in [-0.1, -0.05) is 35.3 Å². The van der Waals surface area contributed by atoms with E-state index >= 15 is 0 Å². The van der Waals surface area contributed by atoms with Crippen LogP contribution in [0.1, 0.15) is 43.0 Å². The number of nitrogens with zero attached hydrogens (tertiary/aromatic N) is 1. The highest BCUT2D eigenvalue weighted by Gasteiger charge is 2.27. The van der Waals surface area contributed by atoms with Crippen molar-refractivity contribution in [3.05, 3.63) is 34.3 Å². The van der Waals surface area contributed by atoms with Crippen LogP contribution in [0.3, 0.4) is 0 Å². The zero-order chi connectivity index (χ0) is 15.9. The maximum absolute atomic E-state index is 12.4. The number of hydrogen-bond donors (Lipinski definition) is 1. The molecule has 1 aromatic carbocycles. The van der Waals surface area contributed by atoms with Gasteiger partial charge in [0.25, 0.3) is 5.91 Å². The van der Waals surface area contributed by atoms with Gasteiger partial charge in [-0.2, -0.15) is 0 Å². The number of carbonyl (C=O) groups excluding carboxylic acids is 2. The highest BCUT2D eigenvalue weighted by Crippen LogP contribution is 2.20. The molecular formula is C17H23BrN2O2. The van der Waals surface area contributed by atoms with Crippen LogP contribution < -0.4 is 5.32 Å². The fourth-order valence-corrected chi connectivity index (χ4v) is 3.08. The van der Waals surface area contributed by atoms with E-state index in [1.54, 1.807) is 0 Å². The summed E-state index contributed by atoms with van der Waals surface area (Å²) in [5, 5.41) is 2.99. The lowest BCUT2D eigenvalue weighted by Gasteiger charge is -2.31. The lowest BCUT2D eigenvalue weighted by atomic mass is 9.95. The largest absolute Gasteiger partial charge is 0.356 e. The van der Waals surface area contributed by atoms with E-state index < -0.39 is 0 Å². The molecule has 0 spiro atoms. The van der Waals surface area contributed by atoms with Crippen molar-refractivity contribution in [3.8, 4) is 0 Å². The summed E-state index contributed by atoms with van der Waals surface area (Å²) in [5.74, 6) is 0.234. The molecule has 1 heterocycles. The Kier molecular flexibility index (Phi) is 6.43. The molecule has 0 radical (unpaired) electrons. The van der Waals surface area contributed by atoms with Crippen molar-refractivity contribution in [2.45, 2.75) is 32.6 Å². The summed E-state index contributed by atoms with van der Waals surface area (Å²) in [6.07, 6.45) is 3.60. The molecule has 0 bridgehead atoms. The molecule has 0 atom stereocenters. The number of piperidine rings is 1. The van der Waals surface area contributed by atoms with E-state index in [-0.39, 0.29) is 17.7 Å². The molecule has 120 valence electrons. The fourth-order valence-electron chi connectivity index (χ4n) is 2.68. The van der Waals surface area contributed by atoms with Crippen molar-refractivity contribution in [1.29, 1.82) is 0 Å². The number of halogens is 1. The molecule has 0 saturated carbocycles. The van der Waals surface area contributed by atoms with Crippen LogP contribution in [-0.4, -0.2) is 36.3 Å². The van der Waals surface area contributed by atoms with Gasteiger partial charge >= 0.3 is 0 Å². The number of likely N-dealkylation sites (tertiary alicyclic amines) is 1. The van der Waals surface area contributed by atoms with Gasteiger partial charge in [-0.05, 0) is 37.5 Å². The van der Waals surface area contributed by atoms with Crippen molar-refractivity contribution in [3.63, 3.8) is 0 Å². The molecule has 5 heteroatoms. The van der Waals surface area contributed by atoms with Crippen LogP contribution in [0.15, 0.2) is 28.7 Å². The summed E-state index contributed by atoms with van der Waals surface area (Å²) in [6.45, 7) is 4.17. The predicted molar refractivity (Wildman–Crippen MR) is 90.7 cm³/mol. The Hall–Kier alpha value is -1.36. The van der Waals surface area contributed by atoms with Gasteiger partial charge in [0.2, 0.25) is 5.91 Å². The van der Waals surface area contributed by atoms with E-state index in [9.17, 15) is 9.59 Å². The molecule has 1 aliphatic rings. The molecule has 1 fully saturated rings. The second-order valence-electron chi connectivity index (χ2n) is 5.72. The van der Waals surface area contributed by atoms with Crippen LogP contribution in [0, 0.1) is 5.92 Å². The Morgan fingerprint density at radius 1 is 1.32 bits per heavy atom. The molecule has 1 N–H and O–H groups in total. The van der Waals surface area contributed by atoms with E-state index in [0.29, 0.717) is 18.7 Å². The van der Waals surface area contributed by atoms with Gasteiger partial charge in [0, 0.05) is 35.6 Å². The van der Waals surface area contributed by atoms with Crippen molar-refractivity contribution in [2.75, 3.05) is 19.6 Å². The first-order valence-corrected chi connectivity index (χ1v) is 8.73. The number of rotatable bonds is 5. The number of benzene rings is 1. The first-order valence-electron chi connectivity index (χ1n) is 7.94. The summed E-state index contributed by atoms with van der Waals surface area (Å²) in [7, 11) is 0. The Morgan fingerprint density at radius 2 is 2.05 bits per heavy atom. The Bertz CT molecular complexity index is 525. The van der Waals surface area contributed by atoms with E-state index in [1.165, 1.54) is 0 Å². The van der Waals surface area contributed by atoms with Crippen LogP contribution in [0.25, 0.3) is 0 Å². The molecule has 0 aromatic heterocycles. The molecule has 1 aromatic rings. The molecule has 1 saturated heterocycles. The average Bonchev–Trinajstić information content (AvgIpc) is 2.54. The standard InChI is InChI=1S/C17H23BrN2O2/c1-2-3-9-19-16(21)13-7-10-20(11-8-13)17(22)14-5-4-6-15(18)12-14/h4-6,12-13H,2-3,7-11H2,1H3,(H,19,21). The van der Waals surface area contributed by atoms with Crippen LogP contribution in [0.5, 0.6) is 0 Å². The average molecular weight is 367 g/mol. The summed E-state index contributed by atoms with van der Waals surface area (Å²) in [5.41, 5.74) is 0.695. The molecular weight excluding hydrogens is 344 g/mol. The highest BCUT2D eigenvalue weighted by molar-refractivity contribution is 9.10. The van der Waals surface area contributed by atoms with E-state index in [4.69, 9.17) is 0 Å². The monoisotopic (exact) mass is 366 g/mol. The van der Waals surface area contributed by atoms with Gasteiger partial charge in [0.15, 0.2) is 0 Å². The van der Waals surface area contributed by atoms with Crippen LogP contribution >= 0.6 is 15.9 Å². The van der Waals surface area contributed by atoms with Crippen LogP contribution in [0.4, 0.5) is 0 Å². The summed E-state index contributed by atoms with van der Waals surface area (Å²) >= 11 is 3.39. The van der Waals surface area contributed by atoms with Crippen LogP contribution in [-0.2, 0) is 4.79 Å². The molecule has 0 aliphatic carbocycles. The second kappa shape index (κ2) is 8.32. The van der Waals surface area contributed by atoms with Gasteiger partial charge in [-0.25, -0.2) is 0 Å². The molecule has 0 unspecified atom stereocenters. The topological polar surface area (TPSA) is 49.4 Å². The minimum atomic E-state index is 0.0448. The maximum atomic E-state index is 12.4. The summed E-state index contributed by atoms with van der Waals surface area (Å²) < 4.78 is 0.906. The van der Waals surface area contributed by atoms with Gasteiger partial charge in [-0.15, -0.1) is 0 Å². The van der Waals surface area contributed by atoms with Crippen molar-refractivity contribution >= 4 is 27.7 Å². The Morgan fingerprint density at radius 3 is 2.68 bits per heavy atom. The first-order chi connectivity index (χ1) is 10.6. The zero-order valence-corrected chi connectivity index (χ0v) is 14.6.